The molecule has 0 radical (unpaired) electrons. The van der Waals surface area contributed by atoms with Crippen LogP contribution in [0.15, 0.2) is 30.5 Å². The third kappa shape index (κ3) is 4.15. The van der Waals surface area contributed by atoms with Gasteiger partial charge in [0.1, 0.15) is 6.20 Å². The number of piperidine rings is 1. The van der Waals surface area contributed by atoms with E-state index in [0.717, 1.165) is 18.5 Å². The van der Waals surface area contributed by atoms with Crippen molar-refractivity contribution in [3.8, 4) is 0 Å². The van der Waals surface area contributed by atoms with Gasteiger partial charge < -0.3 is 16.0 Å². The molecule has 0 saturated carbocycles. The van der Waals surface area contributed by atoms with Gasteiger partial charge >= 0.3 is 5.69 Å². The lowest BCUT2D eigenvalue weighted by molar-refractivity contribution is -0.384. The molecular formula is C16H19ClN6O2. The van der Waals surface area contributed by atoms with Gasteiger partial charge in [-0.2, -0.15) is 4.98 Å². The third-order valence-corrected chi connectivity index (χ3v) is 4.55. The van der Waals surface area contributed by atoms with Crippen molar-refractivity contribution in [2.24, 2.45) is 11.7 Å². The monoisotopic (exact) mass is 362 g/mol. The molecule has 0 atom stereocenters. The number of anilines is 3. The summed E-state index contributed by atoms with van der Waals surface area (Å²) in [6.07, 6.45) is 3.05. The number of nitro groups is 1. The summed E-state index contributed by atoms with van der Waals surface area (Å²) in [7, 11) is 0. The highest BCUT2D eigenvalue weighted by atomic mass is 35.5. The number of nitrogens with zero attached hydrogens (tertiary/aromatic N) is 4. The maximum atomic E-state index is 11.3. The van der Waals surface area contributed by atoms with Gasteiger partial charge in [-0.1, -0.05) is 11.6 Å². The first-order valence-electron chi connectivity index (χ1n) is 8.06. The van der Waals surface area contributed by atoms with Crippen molar-refractivity contribution < 1.29 is 4.92 Å². The Morgan fingerprint density at radius 2 is 2.00 bits per heavy atom. The Balaban J connectivity index is 1.84. The molecule has 0 amide bonds. The van der Waals surface area contributed by atoms with Crippen molar-refractivity contribution in [2.75, 3.05) is 29.9 Å². The fourth-order valence-electron chi connectivity index (χ4n) is 2.83. The highest BCUT2D eigenvalue weighted by Gasteiger charge is 2.26. The van der Waals surface area contributed by atoms with Crippen LogP contribution in [0.1, 0.15) is 12.8 Å². The van der Waals surface area contributed by atoms with Crippen molar-refractivity contribution in [3.05, 3.63) is 45.6 Å². The molecule has 132 valence electrons. The van der Waals surface area contributed by atoms with Gasteiger partial charge in [-0.15, -0.1) is 0 Å². The molecule has 1 aliphatic heterocycles. The normalized spacial score (nSPS) is 15.2. The topological polar surface area (TPSA) is 110 Å². The summed E-state index contributed by atoms with van der Waals surface area (Å²) in [5.41, 5.74) is 6.38. The molecule has 2 heterocycles. The van der Waals surface area contributed by atoms with Crippen LogP contribution in [0.3, 0.4) is 0 Å². The quantitative estimate of drug-likeness (QED) is 0.621. The number of rotatable bonds is 5. The Hall–Kier alpha value is -2.45. The van der Waals surface area contributed by atoms with Crippen LogP contribution in [-0.4, -0.2) is 34.5 Å². The molecule has 1 saturated heterocycles. The molecule has 0 aliphatic carbocycles. The maximum absolute atomic E-state index is 11.3. The Kier molecular flexibility index (Phi) is 5.30. The molecule has 25 heavy (non-hydrogen) atoms. The zero-order valence-corrected chi connectivity index (χ0v) is 14.3. The fourth-order valence-corrected chi connectivity index (χ4v) is 2.96. The van der Waals surface area contributed by atoms with Crippen LogP contribution in [0.4, 0.5) is 23.1 Å². The predicted molar refractivity (Wildman–Crippen MR) is 97.4 cm³/mol. The van der Waals surface area contributed by atoms with Gasteiger partial charge in [-0.3, -0.25) is 10.1 Å². The van der Waals surface area contributed by atoms with Crippen LogP contribution < -0.4 is 16.0 Å². The number of nitrogens with two attached hydrogens (primary N) is 1. The summed E-state index contributed by atoms with van der Waals surface area (Å²) in [4.78, 5) is 21.3. The smallest absolute Gasteiger partial charge is 0.329 e. The molecule has 1 aliphatic rings. The van der Waals surface area contributed by atoms with Crippen molar-refractivity contribution >= 4 is 34.7 Å². The van der Waals surface area contributed by atoms with E-state index in [4.69, 9.17) is 17.3 Å². The summed E-state index contributed by atoms with van der Waals surface area (Å²) in [5, 5.41) is 15.0. The van der Waals surface area contributed by atoms with Crippen LogP contribution in [0.5, 0.6) is 0 Å². The minimum Gasteiger partial charge on any atom is -0.351 e. The van der Waals surface area contributed by atoms with E-state index in [-0.39, 0.29) is 5.69 Å². The van der Waals surface area contributed by atoms with Gasteiger partial charge in [0.2, 0.25) is 11.8 Å². The van der Waals surface area contributed by atoms with Gasteiger partial charge in [0.05, 0.1) is 4.92 Å². The summed E-state index contributed by atoms with van der Waals surface area (Å²) in [5.74, 6) is 1.11. The Labute approximate surface area is 150 Å². The first-order chi connectivity index (χ1) is 12.1. The van der Waals surface area contributed by atoms with Crippen LogP contribution in [0, 0.1) is 16.0 Å². The minimum absolute atomic E-state index is 0.0899. The van der Waals surface area contributed by atoms with E-state index in [2.05, 4.69) is 15.3 Å². The second-order valence-electron chi connectivity index (χ2n) is 5.96. The SMILES string of the molecule is NCC1CCN(c2nc(Nc3ccc(Cl)cc3)ncc2[N+](=O)[O-])CC1. The van der Waals surface area contributed by atoms with Crippen molar-refractivity contribution in [3.63, 3.8) is 0 Å². The molecule has 3 N–H and O–H groups in total. The van der Waals surface area contributed by atoms with E-state index in [1.54, 1.807) is 24.3 Å². The van der Waals surface area contributed by atoms with E-state index < -0.39 is 4.92 Å². The van der Waals surface area contributed by atoms with Crippen molar-refractivity contribution in [1.29, 1.82) is 0 Å². The third-order valence-electron chi connectivity index (χ3n) is 4.29. The summed E-state index contributed by atoms with van der Waals surface area (Å²) < 4.78 is 0. The number of benzene rings is 1. The molecule has 3 rings (SSSR count). The van der Waals surface area contributed by atoms with Gasteiger partial charge in [0.25, 0.3) is 0 Å². The van der Waals surface area contributed by atoms with Crippen LogP contribution in [0.25, 0.3) is 0 Å². The first kappa shape index (κ1) is 17.4. The van der Waals surface area contributed by atoms with Crippen LogP contribution >= 0.6 is 11.6 Å². The second kappa shape index (κ2) is 7.62. The number of hydrogen-bond acceptors (Lipinski definition) is 7. The van der Waals surface area contributed by atoms with Crippen LogP contribution in [0.2, 0.25) is 5.02 Å². The van der Waals surface area contributed by atoms with Gasteiger partial charge in [-0.25, -0.2) is 4.98 Å². The lowest BCUT2D eigenvalue weighted by Gasteiger charge is -2.31. The summed E-state index contributed by atoms with van der Waals surface area (Å²) in [6, 6.07) is 7.07. The average Bonchev–Trinajstić information content (AvgIpc) is 2.63. The molecule has 1 fully saturated rings. The Morgan fingerprint density at radius 1 is 1.32 bits per heavy atom. The second-order valence-corrected chi connectivity index (χ2v) is 6.39. The zero-order valence-electron chi connectivity index (χ0n) is 13.6. The molecular weight excluding hydrogens is 344 g/mol. The standard InChI is InChI=1S/C16H19ClN6O2/c17-12-1-3-13(4-2-12)20-16-19-10-14(23(24)25)15(21-16)22-7-5-11(9-18)6-8-22/h1-4,10-11H,5-9,18H2,(H,19,20,21). The largest absolute Gasteiger partial charge is 0.351 e. The number of halogens is 1. The molecule has 0 unspecified atom stereocenters. The lowest BCUT2D eigenvalue weighted by atomic mass is 9.97. The molecule has 1 aromatic heterocycles. The highest BCUT2D eigenvalue weighted by Crippen LogP contribution is 2.30. The molecule has 1 aromatic carbocycles. The molecule has 9 heteroatoms. The van der Waals surface area contributed by atoms with Crippen molar-refractivity contribution in [1.82, 2.24) is 9.97 Å². The van der Waals surface area contributed by atoms with Gasteiger partial charge in [-0.05, 0) is 49.6 Å². The summed E-state index contributed by atoms with van der Waals surface area (Å²) in [6.45, 7) is 2.03. The minimum atomic E-state index is -0.448. The number of aromatic nitrogens is 2. The average molecular weight is 363 g/mol. The highest BCUT2D eigenvalue weighted by molar-refractivity contribution is 6.30. The number of nitrogens with one attached hydrogen (secondary N) is 1. The van der Waals surface area contributed by atoms with E-state index in [0.29, 0.717) is 42.3 Å². The van der Waals surface area contributed by atoms with E-state index >= 15 is 0 Å². The van der Waals surface area contributed by atoms with E-state index in [9.17, 15) is 10.1 Å². The maximum Gasteiger partial charge on any atom is 0.329 e. The molecule has 0 bridgehead atoms. The molecule has 8 nitrogen and oxygen atoms in total. The van der Waals surface area contributed by atoms with E-state index in [1.165, 1.54) is 6.20 Å². The van der Waals surface area contributed by atoms with Gasteiger partial charge in [0, 0.05) is 23.8 Å². The first-order valence-corrected chi connectivity index (χ1v) is 8.43. The predicted octanol–water partition coefficient (Wildman–Crippen LogP) is 2.96. The zero-order chi connectivity index (χ0) is 17.8. The Bertz CT molecular complexity index is 747. The van der Waals surface area contributed by atoms with Gasteiger partial charge in [0.15, 0.2) is 0 Å². The lowest BCUT2D eigenvalue weighted by Crippen LogP contribution is -2.37. The fraction of sp³-hybridized carbons (Fsp3) is 0.375. The number of hydrogen-bond donors (Lipinski definition) is 2. The van der Waals surface area contributed by atoms with E-state index in [1.807, 2.05) is 4.90 Å². The molecule has 2 aromatic rings. The molecule has 0 spiro atoms. The Morgan fingerprint density at radius 3 is 2.60 bits per heavy atom. The summed E-state index contributed by atoms with van der Waals surface area (Å²) >= 11 is 5.87. The van der Waals surface area contributed by atoms with Crippen LogP contribution in [-0.2, 0) is 0 Å². The van der Waals surface area contributed by atoms with Crippen molar-refractivity contribution in [2.45, 2.75) is 12.8 Å².